The van der Waals surface area contributed by atoms with Crippen LogP contribution in [0.5, 0.6) is 0 Å². The monoisotopic (exact) mass is 1000 g/mol. The maximum Gasteiger partial charge on any atom is 0.472 e. The third-order valence-corrected chi connectivity index (χ3v) is 10.4. The molecule has 4 unspecified atom stereocenters. The van der Waals surface area contributed by atoms with E-state index in [0.29, 0.717) is 12.8 Å². The lowest BCUT2D eigenvalue weighted by Crippen LogP contribution is -2.65. The SMILES string of the molecule is CC#CC#CC#CC#CC#CC#CC#CC(=O)OC[C@H](COP(=O)(O)OC1C(O)[C@@H](O)C(OP(=O)(O)O)[C@@H](OP(=O)(O)O)[C@H]1O)OC(=O)CCCCCCCCCCCCCCC.S.[HH].[HH].[HH].[HH].[HH].[HH].[HH].[HH].[HH].[HH].[HH].[HH].[HH]. The summed E-state index contributed by atoms with van der Waals surface area (Å²) in [4.78, 5) is 72.4. The van der Waals surface area contributed by atoms with E-state index in [2.05, 4.69) is 92.9 Å². The van der Waals surface area contributed by atoms with Gasteiger partial charge in [-0.2, -0.15) is 13.5 Å². The van der Waals surface area contributed by atoms with Gasteiger partial charge in [-0.3, -0.25) is 22.9 Å². The predicted molar refractivity (Wildman–Crippen MR) is 262 cm³/mol. The van der Waals surface area contributed by atoms with Crippen molar-refractivity contribution in [3.63, 3.8) is 0 Å². The van der Waals surface area contributed by atoms with Crippen LogP contribution < -0.4 is 0 Å². The molecule has 64 heavy (non-hydrogen) atoms. The van der Waals surface area contributed by atoms with Crippen LogP contribution >= 0.6 is 37.0 Å². The van der Waals surface area contributed by atoms with Gasteiger partial charge in [0.05, 0.1) is 6.61 Å². The van der Waals surface area contributed by atoms with Crippen molar-refractivity contribution < 1.29 is 109 Å². The second-order valence-corrected chi connectivity index (χ2v) is 17.3. The molecule has 19 nitrogen and oxygen atoms in total. The summed E-state index contributed by atoms with van der Waals surface area (Å²) in [6, 6.07) is 0. The molecular formula is C41H81O19P3S. The summed E-state index contributed by atoms with van der Waals surface area (Å²) in [5, 5.41) is 31.7. The fourth-order valence-corrected chi connectivity index (χ4v) is 7.62. The van der Waals surface area contributed by atoms with Crippen molar-refractivity contribution in [1.82, 2.24) is 0 Å². The number of carbonyl (C=O) groups excluding carboxylic acids is 2. The molecule has 0 heterocycles. The molecular weight excluding hydrogens is 921 g/mol. The first-order chi connectivity index (χ1) is 29.8. The van der Waals surface area contributed by atoms with Gasteiger partial charge in [0.15, 0.2) is 6.10 Å². The average Bonchev–Trinajstić information content (AvgIpc) is 3.20. The molecule has 23 heteroatoms. The van der Waals surface area contributed by atoms with E-state index in [1.165, 1.54) is 44.9 Å². The van der Waals surface area contributed by atoms with Crippen LogP contribution in [0.15, 0.2) is 0 Å². The van der Waals surface area contributed by atoms with Gasteiger partial charge in [-0.1, -0.05) is 89.9 Å². The average molecular weight is 1000 g/mol. The highest BCUT2D eigenvalue weighted by Crippen LogP contribution is 2.51. The standard InChI is InChI=1S/C41H53O19P3.H2S.13H2/c1-3-5-7-9-11-13-15-17-19-21-23-25-27-29-34(42)55-31-33(57-35(43)30-28-26-24-22-20-18-16-14-12-10-8-6-4-2)32-56-63(53,54)60-39-36(44)37(45)40(58-61(47,48)49)41(38(39)46)59-62(50,51)52;;;;;;;;;;;;;;/h33,36-41,44-46H,4,6,8,10,12,14,16,18,20,22,24,26,28,30-32H2,1-2H3,(H,53,54)(H2,47,48,49)(H2,50,51,52);1H2;13*1H/t33-,36?,37-,38+,39?,40?,41+;;;;;;;;;;;;;;/m1............../s1. The predicted octanol–water partition coefficient (Wildman–Crippen LogP) is 5.83. The quantitative estimate of drug-likeness (QED) is 0.0166. The zero-order valence-corrected chi connectivity index (χ0v) is 38.9. The van der Waals surface area contributed by atoms with Crippen molar-refractivity contribution >= 4 is 48.9 Å². The topological polar surface area (TPSA) is 303 Å². The van der Waals surface area contributed by atoms with E-state index in [1.807, 2.05) is 5.92 Å². The largest absolute Gasteiger partial charge is 0.472 e. The Morgan fingerprint density at radius 1 is 0.562 bits per heavy atom. The number of ether oxygens (including phenoxy) is 2. The van der Waals surface area contributed by atoms with Crippen LogP contribution in [-0.2, 0) is 50.9 Å². The first kappa shape index (κ1) is 60.4. The lowest BCUT2D eigenvalue weighted by Gasteiger charge is -2.44. The summed E-state index contributed by atoms with van der Waals surface area (Å²) in [5.74, 6) is 31.2. The van der Waals surface area contributed by atoms with Crippen LogP contribution in [-0.4, -0.2) is 108 Å². The number of unbranched alkanes of at least 4 members (excludes halogenated alkanes) is 12. The van der Waals surface area contributed by atoms with Crippen molar-refractivity contribution in [1.29, 1.82) is 0 Å². The summed E-state index contributed by atoms with van der Waals surface area (Å²) >= 11 is 0. The number of carbonyl (C=O) groups is 2. The number of hydrogen-bond acceptors (Lipinski definition) is 14. The molecule has 0 aromatic heterocycles. The first-order valence-corrected chi connectivity index (χ1v) is 24.3. The number of rotatable bonds is 26. The Balaban J connectivity index is -0.000000236. The van der Waals surface area contributed by atoms with Gasteiger partial charge in [0.1, 0.15) is 43.2 Å². The van der Waals surface area contributed by atoms with E-state index in [1.54, 1.807) is 6.92 Å². The fraction of sp³-hybridized carbons (Fsp3) is 0.610. The van der Waals surface area contributed by atoms with Crippen molar-refractivity contribution in [3.05, 3.63) is 0 Å². The van der Waals surface area contributed by atoms with Crippen LogP contribution in [0.1, 0.15) is 122 Å². The van der Waals surface area contributed by atoms with Crippen molar-refractivity contribution in [3.8, 4) is 82.9 Å². The molecule has 8 N–H and O–H groups in total. The number of phosphoric ester groups is 3. The van der Waals surface area contributed by atoms with Crippen molar-refractivity contribution in [2.24, 2.45) is 0 Å². The van der Waals surface area contributed by atoms with Gasteiger partial charge in [-0.15, -0.1) is 0 Å². The highest BCUT2D eigenvalue weighted by atomic mass is 32.1. The minimum atomic E-state index is -5.63. The molecule has 0 aromatic rings. The molecule has 1 fully saturated rings. The van der Waals surface area contributed by atoms with Crippen molar-refractivity contribution in [2.45, 2.75) is 146 Å². The lowest BCUT2D eigenvalue weighted by molar-refractivity contribution is -0.213. The summed E-state index contributed by atoms with van der Waals surface area (Å²) in [7, 11) is -16.7. The zero-order valence-electron chi connectivity index (χ0n) is 35.3. The van der Waals surface area contributed by atoms with Crippen LogP contribution in [0.2, 0.25) is 0 Å². The Morgan fingerprint density at radius 3 is 1.42 bits per heavy atom. The number of phosphoric acid groups is 3. The number of esters is 2. The summed E-state index contributed by atoms with van der Waals surface area (Å²) in [5.41, 5.74) is 0. The van der Waals surface area contributed by atoms with Gasteiger partial charge in [-0.05, 0) is 84.4 Å². The molecule has 0 spiro atoms. The molecule has 0 saturated heterocycles. The maximum absolute atomic E-state index is 13.0. The molecule has 8 atom stereocenters. The second kappa shape index (κ2) is 33.8. The Bertz CT molecular complexity index is 2130. The molecule has 0 amide bonds. The third kappa shape index (κ3) is 29.8. The molecule has 0 aromatic carbocycles. The van der Waals surface area contributed by atoms with E-state index in [4.69, 9.17) is 18.5 Å². The highest BCUT2D eigenvalue weighted by Gasteiger charge is 2.56. The molecule has 1 aliphatic rings. The molecule has 380 valence electrons. The van der Waals surface area contributed by atoms with E-state index in [9.17, 15) is 63.1 Å². The summed E-state index contributed by atoms with van der Waals surface area (Å²) < 4.78 is 64.5. The first-order valence-electron chi connectivity index (χ1n) is 19.8. The van der Waals surface area contributed by atoms with Crippen LogP contribution in [0.25, 0.3) is 0 Å². The van der Waals surface area contributed by atoms with E-state index >= 15 is 0 Å². The molecule has 0 radical (unpaired) electrons. The van der Waals surface area contributed by atoms with E-state index in [-0.39, 0.29) is 38.5 Å². The van der Waals surface area contributed by atoms with Gasteiger partial charge in [0, 0.05) is 30.9 Å². The van der Waals surface area contributed by atoms with Gasteiger partial charge in [-0.25, -0.2) is 18.5 Å². The van der Waals surface area contributed by atoms with Gasteiger partial charge in [0.25, 0.3) is 0 Å². The van der Waals surface area contributed by atoms with Crippen LogP contribution in [0.4, 0.5) is 0 Å². The molecule has 1 saturated carbocycles. The molecule has 1 rings (SSSR count). The third-order valence-electron chi connectivity index (χ3n) is 8.38. The smallest absolute Gasteiger partial charge is 0.456 e. The Labute approximate surface area is 400 Å². The van der Waals surface area contributed by atoms with E-state index in [0.717, 1.165) is 25.7 Å². The van der Waals surface area contributed by atoms with Gasteiger partial charge < -0.3 is 49.3 Å². The minimum absolute atomic E-state index is 0. The molecule has 1 aliphatic carbocycles. The van der Waals surface area contributed by atoms with Crippen LogP contribution in [0, 0.1) is 82.9 Å². The Hall–Kier alpha value is -3.58. The maximum atomic E-state index is 13.0. The Morgan fingerprint density at radius 2 is 0.969 bits per heavy atom. The molecule has 0 bridgehead atoms. The van der Waals surface area contributed by atoms with Crippen LogP contribution in [0.3, 0.4) is 0 Å². The van der Waals surface area contributed by atoms with Crippen molar-refractivity contribution in [2.75, 3.05) is 13.2 Å². The minimum Gasteiger partial charge on any atom is -0.456 e. The highest BCUT2D eigenvalue weighted by molar-refractivity contribution is 7.59. The zero-order chi connectivity index (χ0) is 47.2. The molecule has 0 aliphatic heterocycles. The van der Waals surface area contributed by atoms with Gasteiger partial charge >= 0.3 is 35.4 Å². The lowest BCUT2D eigenvalue weighted by atomic mass is 9.85. The van der Waals surface area contributed by atoms with Gasteiger partial charge in [0.2, 0.25) is 0 Å². The summed E-state index contributed by atoms with van der Waals surface area (Å²) in [6.07, 6.45) is -3.06. The fourth-order valence-electron chi connectivity index (χ4n) is 5.52. The second-order valence-electron chi connectivity index (χ2n) is 13.5. The van der Waals surface area contributed by atoms with E-state index < -0.39 is 91.3 Å². The number of aliphatic hydroxyl groups is 3. The Kier molecular flexibility index (Phi) is 31.9. The summed E-state index contributed by atoms with van der Waals surface area (Å²) in [6.45, 7) is 1.99. The number of hydrogen-bond donors (Lipinski definition) is 8. The number of aliphatic hydroxyl groups excluding tert-OH is 3. The normalized spacial score (nSPS) is 20.0.